The normalized spacial score (nSPS) is 10.5. The molecule has 0 aliphatic carbocycles. The number of benzene rings is 1. The van der Waals surface area contributed by atoms with Crippen LogP contribution in [0.5, 0.6) is 0 Å². The molecule has 0 atom stereocenters. The van der Waals surface area contributed by atoms with Gasteiger partial charge in [0.2, 0.25) is 0 Å². The van der Waals surface area contributed by atoms with Crippen LogP contribution in [0.25, 0.3) is 0 Å². The number of carbonyl (C=O) groups excluding carboxylic acids is 2. The van der Waals surface area contributed by atoms with Gasteiger partial charge in [0, 0.05) is 24.1 Å². The first-order chi connectivity index (χ1) is 14.8. The van der Waals surface area contributed by atoms with Crippen molar-refractivity contribution in [3.05, 3.63) is 75.3 Å². The van der Waals surface area contributed by atoms with Crippen LogP contribution >= 0.6 is 11.8 Å². The fraction of sp³-hybridized carbons (Fsp3) is 0.200. The molecule has 3 rings (SSSR count). The number of anilines is 1. The second-order valence-electron chi connectivity index (χ2n) is 6.40. The highest BCUT2D eigenvalue weighted by molar-refractivity contribution is 7.98. The monoisotopic (exact) mass is 442 g/mol. The molecular weight excluding hydrogens is 424 g/mol. The zero-order valence-electron chi connectivity index (χ0n) is 16.7. The van der Waals surface area contributed by atoms with E-state index in [1.807, 2.05) is 0 Å². The van der Waals surface area contributed by atoms with Gasteiger partial charge < -0.3 is 14.6 Å². The van der Waals surface area contributed by atoms with Crippen molar-refractivity contribution in [3.8, 4) is 0 Å². The smallest absolute Gasteiger partial charge is 0.341 e. The number of nitrogens with one attached hydrogen (secondary N) is 1. The molecule has 1 N–H and O–H groups in total. The number of nitro benzene ring substituents is 1. The number of thioether (sulfide) groups is 1. The van der Waals surface area contributed by atoms with Crippen LogP contribution < -0.4 is 5.32 Å². The van der Waals surface area contributed by atoms with Crippen molar-refractivity contribution in [2.75, 3.05) is 11.9 Å². The van der Waals surface area contributed by atoms with Crippen LogP contribution in [0.1, 0.15) is 27.4 Å². The molecule has 0 saturated heterocycles. The zero-order valence-corrected chi connectivity index (χ0v) is 17.5. The van der Waals surface area contributed by atoms with Crippen molar-refractivity contribution in [1.29, 1.82) is 0 Å². The van der Waals surface area contributed by atoms with Crippen LogP contribution in [0.15, 0.2) is 52.1 Å². The Bertz CT molecular complexity index is 1130. The molecule has 160 valence electrons. The SMILES string of the molecule is Cc1cc(CSc2ncccc2C(=O)OCC(=O)Nc2cccc([N+](=O)[O-])c2C)no1. The Hall–Kier alpha value is -3.73. The number of aromatic nitrogens is 2. The molecular formula is C20H18N4O6S. The van der Waals surface area contributed by atoms with Gasteiger partial charge in [-0.2, -0.15) is 0 Å². The van der Waals surface area contributed by atoms with Crippen molar-refractivity contribution in [2.45, 2.75) is 24.6 Å². The minimum absolute atomic E-state index is 0.117. The lowest BCUT2D eigenvalue weighted by Gasteiger charge is -2.10. The predicted molar refractivity (Wildman–Crippen MR) is 112 cm³/mol. The molecule has 0 bridgehead atoms. The van der Waals surface area contributed by atoms with Crippen molar-refractivity contribution in [1.82, 2.24) is 10.1 Å². The Morgan fingerprint density at radius 3 is 2.77 bits per heavy atom. The first-order valence-electron chi connectivity index (χ1n) is 9.06. The molecule has 11 heteroatoms. The fourth-order valence-corrected chi connectivity index (χ4v) is 3.50. The van der Waals surface area contributed by atoms with E-state index in [2.05, 4.69) is 15.5 Å². The van der Waals surface area contributed by atoms with Crippen molar-refractivity contribution in [2.24, 2.45) is 0 Å². The highest BCUT2D eigenvalue weighted by Crippen LogP contribution is 2.26. The Kier molecular flexibility index (Phi) is 6.98. The third-order valence-electron chi connectivity index (χ3n) is 4.13. The standard InChI is InChI=1S/C20H18N4O6S/c1-12-9-14(23-30-12)11-31-19-15(5-4-8-21-19)20(26)29-10-18(25)22-16-6-3-7-17(13(16)2)24(27)28/h3-9H,10-11H2,1-2H3,(H,22,25). The fourth-order valence-electron chi connectivity index (χ4n) is 2.64. The predicted octanol–water partition coefficient (Wildman–Crippen LogP) is 3.68. The van der Waals surface area contributed by atoms with Crippen molar-refractivity contribution in [3.63, 3.8) is 0 Å². The number of hydrogen-bond donors (Lipinski definition) is 1. The molecule has 1 amide bonds. The van der Waals surface area contributed by atoms with Gasteiger partial charge >= 0.3 is 5.97 Å². The second-order valence-corrected chi connectivity index (χ2v) is 7.37. The van der Waals surface area contributed by atoms with Crippen LogP contribution in [0.4, 0.5) is 11.4 Å². The number of ether oxygens (including phenoxy) is 1. The largest absolute Gasteiger partial charge is 0.452 e. The first kappa shape index (κ1) is 22.0. The lowest BCUT2D eigenvalue weighted by molar-refractivity contribution is -0.385. The summed E-state index contributed by atoms with van der Waals surface area (Å²) >= 11 is 1.29. The Labute approximate surface area is 181 Å². The van der Waals surface area contributed by atoms with Gasteiger partial charge in [0.15, 0.2) is 6.61 Å². The Balaban J connectivity index is 1.60. The third kappa shape index (κ3) is 5.66. The summed E-state index contributed by atoms with van der Waals surface area (Å²) < 4.78 is 10.1. The number of pyridine rings is 1. The van der Waals surface area contributed by atoms with Gasteiger partial charge in [-0.3, -0.25) is 14.9 Å². The van der Waals surface area contributed by atoms with Gasteiger partial charge in [0.25, 0.3) is 11.6 Å². The summed E-state index contributed by atoms with van der Waals surface area (Å²) in [6.45, 7) is 2.75. The Morgan fingerprint density at radius 2 is 2.06 bits per heavy atom. The maximum Gasteiger partial charge on any atom is 0.341 e. The van der Waals surface area contributed by atoms with E-state index in [1.54, 1.807) is 31.3 Å². The molecule has 3 aromatic rings. The third-order valence-corrected chi connectivity index (χ3v) is 5.17. The summed E-state index contributed by atoms with van der Waals surface area (Å²) in [5.41, 5.74) is 1.39. The lowest BCUT2D eigenvalue weighted by Crippen LogP contribution is -2.21. The molecule has 0 saturated carbocycles. The quantitative estimate of drug-likeness (QED) is 0.239. The average Bonchev–Trinajstić information content (AvgIpc) is 3.17. The van der Waals surface area contributed by atoms with Gasteiger partial charge in [-0.1, -0.05) is 23.0 Å². The lowest BCUT2D eigenvalue weighted by atomic mass is 10.1. The highest BCUT2D eigenvalue weighted by atomic mass is 32.2. The first-order valence-corrected chi connectivity index (χ1v) is 10.0. The number of esters is 1. The minimum Gasteiger partial charge on any atom is -0.452 e. The molecule has 0 radical (unpaired) electrons. The van der Waals surface area contributed by atoms with Crippen LogP contribution in [-0.2, 0) is 15.3 Å². The summed E-state index contributed by atoms with van der Waals surface area (Å²) in [5, 5.41) is 17.9. The number of carbonyl (C=O) groups is 2. The maximum absolute atomic E-state index is 12.5. The number of amides is 1. The number of rotatable bonds is 8. The van der Waals surface area contributed by atoms with Crippen molar-refractivity contribution >= 4 is 35.0 Å². The highest BCUT2D eigenvalue weighted by Gasteiger charge is 2.18. The number of nitro groups is 1. The van der Waals surface area contributed by atoms with Crippen LogP contribution in [-0.4, -0.2) is 33.5 Å². The Morgan fingerprint density at radius 1 is 1.26 bits per heavy atom. The van der Waals surface area contributed by atoms with Crippen LogP contribution in [0.2, 0.25) is 0 Å². The van der Waals surface area contributed by atoms with Gasteiger partial charge in [-0.05, 0) is 32.0 Å². The van der Waals surface area contributed by atoms with E-state index in [0.29, 0.717) is 27.8 Å². The van der Waals surface area contributed by atoms with E-state index < -0.39 is 23.4 Å². The van der Waals surface area contributed by atoms with Crippen LogP contribution in [0, 0.1) is 24.0 Å². The van der Waals surface area contributed by atoms with Crippen LogP contribution in [0.3, 0.4) is 0 Å². The number of nitrogens with zero attached hydrogens (tertiary/aromatic N) is 3. The van der Waals surface area contributed by atoms with Gasteiger partial charge in [-0.25, -0.2) is 9.78 Å². The topological polar surface area (TPSA) is 137 Å². The molecule has 2 aromatic heterocycles. The second kappa shape index (κ2) is 9.85. The molecule has 0 unspecified atom stereocenters. The van der Waals surface area contributed by atoms with E-state index >= 15 is 0 Å². The van der Waals surface area contributed by atoms with Gasteiger partial charge in [0.1, 0.15) is 10.8 Å². The molecule has 0 fully saturated rings. The molecule has 31 heavy (non-hydrogen) atoms. The average molecular weight is 442 g/mol. The van der Waals surface area contributed by atoms with E-state index in [9.17, 15) is 19.7 Å². The molecule has 0 aliphatic heterocycles. The molecule has 2 heterocycles. The molecule has 1 aromatic carbocycles. The summed E-state index contributed by atoms with van der Waals surface area (Å²) in [5.74, 6) is -0.200. The summed E-state index contributed by atoms with van der Waals surface area (Å²) in [6, 6.07) is 9.26. The molecule has 0 aliphatic rings. The van der Waals surface area contributed by atoms with Gasteiger partial charge in [-0.15, -0.1) is 0 Å². The minimum atomic E-state index is -0.710. The number of hydrogen-bond acceptors (Lipinski definition) is 9. The summed E-state index contributed by atoms with van der Waals surface area (Å²) in [7, 11) is 0. The number of aryl methyl sites for hydroxylation is 1. The van der Waals surface area contributed by atoms with E-state index in [1.165, 1.54) is 36.9 Å². The summed E-state index contributed by atoms with van der Waals surface area (Å²) in [4.78, 5) is 39.3. The zero-order chi connectivity index (χ0) is 22.4. The molecule has 0 spiro atoms. The maximum atomic E-state index is 12.5. The van der Waals surface area contributed by atoms with E-state index in [-0.39, 0.29) is 16.9 Å². The molecule has 10 nitrogen and oxygen atoms in total. The summed E-state index contributed by atoms with van der Waals surface area (Å²) in [6.07, 6.45) is 1.55. The van der Waals surface area contributed by atoms with Crippen molar-refractivity contribution < 1.29 is 23.8 Å². The van der Waals surface area contributed by atoms with E-state index in [0.717, 1.165) is 0 Å². The van der Waals surface area contributed by atoms with Gasteiger partial charge in [0.05, 0.1) is 27.4 Å². The van der Waals surface area contributed by atoms with E-state index in [4.69, 9.17) is 9.26 Å².